The molecule has 2 aromatic rings. The summed E-state index contributed by atoms with van der Waals surface area (Å²) in [5.41, 5.74) is 2.32. The SMILES string of the molecule is COc1ccccc1CC(CBr)Cc1ccc(F)cc1Br. The quantitative estimate of drug-likeness (QED) is 0.574. The van der Waals surface area contributed by atoms with Crippen LogP contribution in [-0.4, -0.2) is 12.4 Å². The van der Waals surface area contributed by atoms with Gasteiger partial charge in [0, 0.05) is 9.80 Å². The number of hydrogen-bond donors (Lipinski definition) is 0. The van der Waals surface area contributed by atoms with Crippen molar-refractivity contribution < 1.29 is 9.13 Å². The predicted molar refractivity (Wildman–Crippen MR) is 91.8 cm³/mol. The zero-order valence-corrected chi connectivity index (χ0v) is 15.0. The van der Waals surface area contributed by atoms with Crippen LogP contribution in [0.1, 0.15) is 11.1 Å². The number of benzene rings is 2. The van der Waals surface area contributed by atoms with Gasteiger partial charge in [-0.15, -0.1) is 0 Å². The minimum Gasteiger partial charge on any atom is -0.496 e. The lowest BCUT2D eigenvalue weighted by molar-refractivity contribution is 0.406. The maximum Gasteiger partial charge on any atom is 0.124 e. The summed E-state index contributed by atoms with van der Waals surface area (Å²) in [6, 6.07) is 12.9. The third kappa shape index (κ3) is 4.55. The van der Waals surface area contributed by atoms with E-state index in [1.165, 1.54) is 17.7 Å². The largest absolute Gasteiger partial charge is 0.496 e. The molecule has 1 nitrogen and oxygen atoms in total. The lowest BCUT2D eigenvalue weighted by Gasteiger charge is -2.17. The van der Waals surface area contributed by atoms with Gasteiger partial charge in [0.1, 0.15) is 11.6 Å². The molecule has 4 heteroatoms. The van der Waals surface area contributed by atoms with Crippen molar-refractivity contribution in [3.8, 4) is 5.75 Å². The van der Waals surface area contributed by atoms with E-state index in [2.05, 4.69) is 37.9 Å². The molecule has 0 amide bonds. The summed E-state index contributed by atoms with van der Waals surface area (Å²) in [4.78, 5) is 0. The zero-order valence-electron chi connectivity index (χ0n) is 11.8. The average molecular weight is 416 g/mol. The summed E-state index contributed by atoms with van der Waals surface area (Å²) < 4.78 is 19.4. The molecule has 0 saturated heterocycles. The Morgan fingerprint density at radius 1 is 1.10 bits per heavy atom. The van der Waals surface area contributed by atoms with Crippen LogP contribution in [0.4, 0.5) is 4.39 Å². The monoisotopic (exact) mass is 414 g/mol. The van der Waals surface area contributed by atoms with Gasteiger partial charge in [0.2, 0.25) is 0 Å². The Kier molecular flexibility index (Phi) is 6.24. The molecule has 2 aromatic carbocycles. The number of halogens is 3. The van der Waals surface area contributed by atoms with Gasteiger partial charge in [-0.3, -0.25) is 0 Å². The van der Waals surface area contributed by atoms with Gasteiger partial charge in [-0.25, -0.2) is 4.39 Å². The second-order valence-electron chi connectivity index (χ2n) is 4.98. The zero-order chi connectivity index (χ0) is 15.2. The Morgan fingerprint density at radius 2 is 1.81 bits per heavy atom. The number of alkyl halides is 1. The predicted octanol–water partition coefficient (Wildman–Crippen LogP) is 5.39. The van der Waals surface area contributed by atoms with Crippen LogP contribution in [0.3, 0.4) is 0 Å². The van der Waals surface area contributed by atoms with Crippen LogP contribution in [0.25, 0.3) is 0 Å². The first-order valence-electron chi connectivity index (χ1n) is 6.75. The number of rotatable bonds is 6. The van der Waals surface area contributed by atoms with E-state index in [4.69, 9.17) is 4.74 Å². The summed E-state index contributed by atoms with van der Waals surface area (Å²) in [5, 5.41) is 0.884. The van der Waals surface area contributed by atoms with Crippen LogP contribution >= 0.6 is 31.9 Å². The maximum atomic E-state index is 13.2. The first-order valence-corrected chi connectivity index (χ1v) is 8.67. The highest BCUT2D eigenvalue weighted by Gasteiger charge is 2.14. The van der Waals surface area contributed by atoms with Gasteiger partial charge in [0.05, 0.1) is 7.11 Å². The molecule has 0 aliphatic rings. The van der Waals surface area contributed by atoms with E-state index in [9.17, 15) is 4.39 Å². The second kappa shape index (κ2) is 7.95. The topological polar surface area (TPSA) is 9.23 Å². The Balaban J connectivity index is 2.13. The van der Waals surface area contributed by atoms with Gasteiger partial charge in [0.25, 0.3) is 0 Å². The van der Waals surface area contributed by atoms with Gasteiger partial charge in [0.15, 0.2) is 0 Å². The van der Waals surface area contributed by atoms with Crippen molar-refractivity contribution in [3.63, 3.8) is 0 Å². The van der Waals surface area contributed by atoms with Crippen molar-refractivity contribution in [2.75, 3.05) is 12.4 Å². The molecule has 0 bridgehead atoms. The highest BCUT2D eigenvalue weighted by atomic mass is 79.9. The summed E-state index contributed by atoms with van der Waals surface area (Å²) in [6.45, 7) is 0. The number of hydrogen-bond acceptors (Lipinski definition) is 1. The molecule has 2 rings (SSSR count). The van der Waals surface area contributed by atoms with E-state index in [1.54, 1.807) is 7.11 Å². The Bertz CT molecular complexity index is 601. The molecular formula is C17H17Br2FO. The number of para-hydroxylation sites is 1. The minimum absolute atomic E-state index is 0.217. The molecule has 0 spiro atoms. The van der Waals surface area contributed by atoms with Crippen molar-refractivity contribution in [2.45, 2.75) is 12.8 Å². The summed E-state index contributed by atoms with van der Waals surface area (Å²) >= 11 is 7.02. The van der Waals surface area contributed by atoms with Crippen molar-refractivity contribution >= 4 is 31.9 Å². The van der Waals surface area contributed by atoms with Crippen molar-refractivity contribution in [1.29, 1.82) is 0 Å². The van der Waals surface area contributed by atoms with Gasteiger partial charge in [-0.05, 0) is 48.1 Å². The normalized spacial score (nSPS) is 12.2. The summed E-state index contributed by atoms with van der Waals surface area (Å²) in [7, 11) is 1.69. The van der Waals surface area contributed by atoms with Crippen LogP contribution in [0.2, 0.25) is 0 Å². The summed E-state index contributed by atoms with van der Waals surface area (Å²) in [6.07, 6.45) is 1.79. The van der Waals surface area contributed by atoms with Crippen LogP contribution in [0, 0.1) is 11.7 Å². The molecule has 0 heterocycles. The number of ether oxygens (including phenoxy) is 1. The van der Waals surface area contributed by atoms with Gasteiger partial charge in [-0.1, -0.05) is 56.1 Å². The first-order chi connectivity index (χ1) is 10.1. The molecule has 112 valence electrons. The molecule has 0 aliphatic carbocycles. The average Bonchev–Trinajstić information content (AvgIpc) is 2.49. The Labute approximate surface area is 141 Å². The molecule has 0 aromatic heterocycles. The second-order valence-corrected chi connectivity index (χ2v) is 6.48. The fourth-order valence-corrected chi connectivity index (χ4v) is 3.33. The molecule has 1 unspecified atom stereocenters. The summed E-state index contributed by atoms with van der Waals surface area (Å²) in [5.74, 6) is 1.12. The van der Waals surface area contributed by atoms with E-state index in [1.807, 2.05) is 24.3 Å². The highest BCUT2D eigenvalue weighted by molar-refractivity contribution is 9.10. The van der Waals surface area contributed by atoms with Crippen molar-refractivity contribution in [1.82, 2.24) is 0 Å². The van der Waals surface area contributed by atoms with E-state index < -0.39 is 0 Å². The van der Waals surface area contributed by atoms with E-state index in [0.717, 1.165) is 34.0 Å². The highest BCUT2D eigenvalue weighted by Crippen LogP contribution is 2.26. The molecular weight excluding hydrogens is 399 g/mol. The van der Waals surface area contributed by atoms with Gasteiger partial charge in [-0.2, -0.15) is 0 Å². The minimum atomic E-state index is -0.217. The molecule has 0 N–H and O–H groups in total. The molecule has 0 saturated carbocycles. The smallest absolute Gasteiger partial charge is 0.124 e. The standard InChI is InChI=1S/C17H17Br2FO/c1-21-17-5-3-2-4-14(17)9-12(11-18)8-13-6-7-15(20)10-16(13)19/h2-7,10,12H,8-9,11H2,1H3. The first kappa shape index (κ1) is 16.5. The van der Waals surface area contributed by atoms with Crippen molar-refractivity contribution in [2.24, 2.45) is 5.92 Å². The van der Waals surface area contributed by atoms with E-state index >= 15 is 0 Å². The van der Waals surface area contributed by atoms with E-state index in [0.29, 0.717) is 5.92 Å². The maximum absolute atomic E-state index is 13.2. The number of methoxy groups -OCH3 is 1. The lowest BCUT2D eigenvalue weighted by Crippen LogP contribution is -2.11. The van der Waals surface area contributed by atoms with Crippen LogP contribution < -0.4 is 4.74 Å². The van der Waals surface area contributed by atoms with Crippen LogP contribution in [0.15, 0.2) is 46.9 Å². The molecule has 0 radical (unpaired) electrons. The lowest BCUT2D eigenvalue weighted by atomic mass is 9.94. The molecule has 1 atom stereocenters. The fourth-order valence-electron chi connectivity index (χ4n) is 2.36. The molecule has 21 heavy (non-hydrogen) atoms. The molecule has 0 fully saturated rings. The molecule has 0 aliphatic heterocycles. The van der Waals surface area contributed by atoms with Crippen LogP contribution in [-0.2, 0) is 12.8 Å². The third-order valence-corrected chi connectivity index (χ3v) is 5.10. The van der Waals surface area contributed by atoms with E-state index in [-0.39, 0.29) is 5.82 Å². The van der Waals surface area contributed by atoms with Crippen molar-refractivity contribution in [3.05, 3.63) is 63.9 Å². The third-order valence-electron chi connectivity index (χ3n) is 3.44. The van der Waals surface area contributed by atoms with Gasteiger partial charge < -0.3 is 4.74 Å². The van der Waals surface area contributed by atoms with Gasteiger partial charge >= 0.3 is 0 Å². The van der Waals surface area contributed by atoms with Crippen LogP contribution in [0.5, 0.6) is 5.75 Å². The fraction of sp³-hybridized carbons (Fsp3) is 0.294. The Morgan fingerprint density at radius 3 is 2.48 bits per heavy atom. The Hall–Kier alpha value is -0.870.